The maximum atomic E-state index is 6.13. The molecule has 2 aliphatic rings. The Bertz CT molecular complexity index is 195. The molecule has 0 N–H and O–H groups in total. The number of fused-ring (bicyclic) bond motifs is 1. The Labute approximate surface area is 94.0 Å². The van der Waals surface area contributed by atoms with Crippen molar-refractivity contribution in [2.24, 2.45) is 5.92 Å². The monoisotopic (exact) mass is 211 g/mol. The number of hydrogen-bond donors (Lipinski definition) is 0. The molecule has 88 valence electrons. The molecule has 2 heteroatoms. The summed E-state index contributed by atoms with van der Waals surface area (Å²) in [6, 6.07) is 0. The summed E-state index contributed by atoms with van der Waals surface area (Å²) in [6.45, 7) is 6.99. The van der Waals surface area contributed by atoms with E-state index in [0.717, 1.165) is 5.92 Å². The number of ether oxygens (including phenoxy) is 1. The van der Waals surface area contributed by atoms with E-state index in [-0.39, 0.29) is 0 Å². The van der Waals surface area contributed by atoms with Crippen molar-refractivity contribution in [2.45, 2.75) is 64.7 Å². The van der Waals surface area contributed by atoms with Gasteiger partial charge in [0.15, 0.2) is 0 Å². The van der Waals surface area contributed by atoms with Gasteiger partial charge in [-0.15, -0.1) is 0 Å². The molecule has 0 bridgehead atoms. The van der Waals surface area contributed by atoms with Gasteiger partial charge < -0.3 is 4.74 Å². The second-order valence-corrected chi connectivity index (χ2v) is 5.21. The van der Waals surface area contributed by atoms with Gasteiger partial charge in [0.05, 0.1) is 6.10 Å². The fraction of sp³-hybridized carbons (Fsp3) is 1.00. The average Bonchev–Trinajstić information content (AvgIpc) is 2.26. The van der Waals surface area contributed by atoms with Crippen LogP contribution in [-0.2, 0) is 4.74 Å². The third-order valence-corrected chi connectivity index (χ3v) is 3.90. The number of unbranched alkanes of at least 4 members (excludes halogenated alkanes) is 1. The summed E-state index contributed by atoms with van der Waals surface area (Å²) in [7, 11) is 0. The van der Waals surface area contributed by atoms with E-state index in [1.807, 2.05) is 0 Å². The summed E-state index contributed by atoms with van der Waals surface area (Å²) in [6.07, 6.45) is 8.96. The van der Waals surface area contributed by atoms with Crippen LogP contribution in [0.25, 0.3) is 0 Å². The van der Waals surface area contributed by atoms with Gasteiger partial charge in [-0.25, -0.2) is 0 Å². The van der Waals surface area contributed by atoms with Gasteiger partial charge in [-0.1, -0.05) is 13.3 Å². The average molecular weight is 211 g/mol. The third kappa shape index (κ3) is 2.73. The van der Waals surface area contributed by atoms with Crippen molar-refractivity contribution in [2.75, 3.05) is 13.1 Å². The number of hydrogen-bond acceptors (Lipinski definition) is 2. The van der Waals surface area contributed by atoms with Crippen molar-refractivity contribution >= 4 is 0 Å². The maximum absolute atomic E-state index is 6.13. The van der Waals surface area contributed by atoms with Gasteiger partial charge in [-0.05, 0) is 44.9 Å². The second kappa shape index (κ2) is 5.31. The number of rotatable bonds is 3. The number of nitrogens with zero attached hydrogens (tertiary/aromatic N) is 1. The molecule has 0 aliphatic carbocycles. The summed E-state index contributed by atoms with van der Waals surface area (Å²) in [4.78, 5) is 2.59. The first-order chi connectivity index (χ1) is 7.31. The lowest BCUT2D eigenvalue weighted by Gasteiger charge is -2.45. The molecule has 0 unspecified atom stereocenters. The van der Waals surface area contributed by atoms with Gasteiger partial charge in [0.2, 0.25) is 0 Å². The molecule has 2 heterocycles. The van der Waals surface area contributed by atoms with Crippen LogP contribution in [-0.4, -0.2) is 30.3 Å². The first-order valence-corrected chi connectivity index (χ1v) is 6.70. The minimum Gasteiger partial charge on any atom is -0.360 e. The molecule has 2 fully saturated rings. The van der Waals surface area contributed by atoms with Gasteiger partial charge in [-0.2, -0.15) is 0 Å². The highest BCUT2D eigenvalue weighted by atomic mass is 16.5. The zero-order valence-electron chi connectivity index (χ0n) is 10.2. The van der Waals surface area contributed by atoms with Crippen molar-refractivity contribution in [1.82, 2.24) is 4.90 Å². The molecule has 0 aromatic carbocycles. The molecule has 0 aromatic rings. The predicted molar refractivity (Wildman–Crippen MR) is 62.8 cm³/mol. The molecule has 3 atom stereocenters. The molecule has 2 nitrogen and oxygen atoms in total. The minimum atomic E-state index is 0.453. The molecule has 0 radical (unpaired) electrons. The topological polar surface area (TPSA) is 12.5 Å². The first-order valence-electron chi connectivity index (χ1n) is 6.70. The van der Waals surface area contributed by atoms with E-state index in [9.17, 15) is 0 Å². The van der Waals surface area contributed by atoms with E-state index >= 15 is 0 Å². The van der Waals surface area contributed by atoms with Gasteiger partial charge in [0, 0.05) is 13.1 Å². The van der Waals surface area contributed by atoms with E-state index in [1.165, 1.54) is 51.6 Å². The Balaban J connectivity index is 1.91. The van der Waals surface area contributed by atoms with Crippen LogP contribution in [0.15, 0.2) is 0 Å². The summed E-state index contributed by atoms with van der Waals surface area (Å²) < 4.78 is 6.13. The zero-order valence-corrected chi connectivity index (χ0v) is 10.2. The fourth-order valence-corrected chi connectivity index (χ4v) is 2.96. The molecule has 0 amide bonds. The first kappa shape index (κ1) is 11.4. The Hall–Kier alpha value is -0.0800. The number of likely N-dealkylation sites (tertiary alicyclic amines) is 1. The highest BCUT2D eigenvalue weighted by molar-refractivity contribution is 4.82. The van der Waals surface area contributed by atoms with Crippen LogP contribution in [0.3, 0.4) is 0 Å². The van der Waals surface area contributed by atoms with Crippen molar-refractivity contribution in [1.29, 1.82) is 0 Å². The molecule has 15 heavy (non-hydrogen) atoms. The lowest BCUT2D eigenvalue weighted by molar-refractivity contribution is -0.169. The lowest BCUT2D eigenvalue weighted by Crippen LogP contribution is -2.50. The van der Waals surface area contributed by atoms with Gasteiger partial charge in [0.25, 0.3) is 0 Å². The highest BCUT2D eigenvalue weighted by Gasteiger charge is 2.35. The molecular formula is C13H25NO. The Morgan fingerprint density at radius 2 is 2.13 bits per heavy atom. The standard InChI is InChI=1S/C13H25NO/c1-3-4-9-14-10-5-6-12-8-7-11(2)15-13(12)14/h11-13H,3-10H2,1-2H3/t11-,12+,13+/m0/s1. The van der Waals surface area contributed by atoms with Crippen molar-refractivity contribution < 1.29 is 4.74 Å². The zero-order chi connectivity index (χ0) is 10.7. The summed E-state index contributed by atoms with van der Waals surface area (Å²) in [5.41, 5.74) is 0. The SMILES string of the molecule is CCCCN1CCC[C@@H]2CC[C@H](C)O[C@H]21. The molecular weight excluding hydrogens is 186 g/mol. The highest BCUT2D eigenvalue weighted by Crippen LogP contribution is 2.34. The normalized spacial score (nSPS) is 37.6. The van der Waals surface area contributed by atoms with Crippen molar-refractivity contribution in [3.05, 3.63) is 0 Å². The largest absolute Gasteiger partial charge is 0.360 e. The van der Waals surface area contributed by atoms with Gasteiger partial charge >= 0.3 is 0 Å². The quantitative estimate of drug-likeness (QED) is 0.711. The van der Waals surface area contributed by atoms with Gasteiger partial charge in [0.1, 0.15) is 6.23 Å². The van der Waals surface area contributed by atoms with Crippen LogP contribution in [0, 0.1) is 5.92 Å². The smallest absolute Gasteiger partial charge is 0.113 e. The summed E-state index contributed by atoms with van der Waals surface area (Å²) >= 11 is 0. The van der Waals surface area contributed by atoms with Crippen molar-refractivity contribution in [3.63, 3.8) is 0 Å². The Morgan fingerprint density at radius 1 is 1.27 bits per heavy atom. The summed E-state index contributed by atoms with van der Waals surface area (Å²) in [5.74, 6) is 0.826. The van der Waals surface area contributed by atoms with Gasteiger partial charge in [-0.3, -0.25) is 4.90 Å². The van der Waals surface area contributed by atoms with Crippen LogP contribution in [0.1, 0.15) is 52.4 Å². The fourth-order valence-electron chi connectivity index (χ4n) is 2.96. The molecule has 0 spiro atoms. The molecule has 0 aromatic heterocycles. The molecule has 2 rings (SSSR count). The lowest BCUT2D eigenvalue weighted by atomic mass is 9.88. The molecule has 2 saturated heterocycles. The van der Waals surface area contributed by atoms with Crippen LogP contribution in [0.5, 0.6) is 0 Å². The number of piperidine rings is 1. The third-order valence-electron chi connectivity index (χ3n) is 3.90. The summed E-state index contributed by atoms with van der Waals surface area (Å²) in [5, 5.41) is 0. The van der Waals surface area contributed by atoms with E-state index in [4.69, 9.17) is 4.74 Å². The maximum Gasteiger partial charge on any atom is 0.113 e. The van der Waals surface area contributed by atoms with Crippen LogP contribution in [0.4, 0.5) is 0 Å². The van der Waals surface area contributed by atoms with E-state index in [1.54, 1.807) is 0 Å². The van der Waals surface area contributed by atoms with Crippen LogP contribution >= 0.6 is 0 Å². The Morgan fingerprint density at radius 3 is 2.93 bits per heavy atom. The van der Waals surface area contributed by atoms with Crippen LogP contribution in [0.2, 0.25) is 0 Å². The minimum absolute atomic E-state index is 0.453. The van der Waals surface area contributed by atoms with E-state index in [2.05, 4.69) is 18.7 Å². The second-order valence-electron chi connectivity index (χ2n) is 5.21. The molecule has 0 saturated carbocycles. The van der Waals surface area contributed by atoms with Crippen LogP contribution < -0.4 is 0 Å². The predicted octanol–water partition coefficient (Wildman–Crippen LogP) is 3.02. The van der Waals surface area contributed by atoms with Crippen molar-refractivity contribution in [3.8, 4) is 0 Å². The van der Waals surface area contributed by atoms with E-state index < -0.39 is 0 Å². The molecule has 2 aliphatic heterocycles. The van der Waals surface area contributed by atoms with E-state index in [0.29, 0.717) is 12.3 Å². The Kier molecular flexibility index (Phi) is 4.04.